The van der Waals surface area contributed by atoms with Crippen molar-refractivity contribution >= 4 is 16.0 Å². The van der Waals surface area contributed by atoms with E-state index < -0.39 is 21.9 Å². The van der Waals surface area contributed by atoms with Crippen LogP contribution < -0.4 is 0 Å². The molecule has 1 aromatic carbocycles. The lowest BCUT2D eigenvalue weighted by molar-refractivity contribution is -0.139. The van der Waals surface area contributed by atoms with Crippen LogP contribution in [0.2, 0.25) is 0 Å². The zero-order chi connectivity index (χ0) is 18.7. The molecule has 26 heavy (non-hydrogen) atoms. The SMILES string of the molecule is CN1CCN(S(=O)(=O)c2ccc([C@@H](CC3CCCC3)C(=O)O)cc2)CC1. The monoisotopic (exact) mass is 380 g/mol. The fourth-order valence-corrected chi connectivity index (χ4v) is 5.43. The molecule has 2 fully saturated rings. The van der Waals surface area contributed by atoms with Gasteiger partial charge in [0.1, 0.15) is 0 Å². The Kier molecular flexibility index (Phi) is 5.99. The summed E-state index contributed by atoms with van der Waals surface area (Å²) in [5.41, 5.74) is 0.696. The van der Waals surface area contributed by atoms with Gasteiger partial charge in [0.15, 0.2) is 0 Å². The van der Waals surface area contributed by atoms with Crippen molar-refractivity contribution in [3.63, 3.8) is 0 Å². The molecule has 0 amide bonds. The van der Waals surface area contributed by atoms with Crippen molar-refractivity contribution in [2.75, 3.05) is 33.2 Å². The highest BCUT2D eigenvalue weighted by Crippen LogP contribution is 2.34. The number of carboxylic acid groups (broad SMARTS) is 1. The quantitative estimate of drug-likeness (QED) is 0.820. The maximum atomic E-state index is 12.8. The Balaban J connectivity index is 1.74. The average molecular weight is 381 g/mol. The first kappa shape index (κ1) is 19.3. The van der Waals surface area contributed by atoms with Crippen LogP contribution in [0.4, 0.5) is 0 Å². The second-order valence-electron chi connectivity index (χ2n) is 7.55. The molecule has 2 aliphatic rings. The van der Waals surface area contributed by atoms with E-state index in [4.69, 9.17) is 0 Å². The molecule has 3 rings (SSSR count). The van der Waals surface area contributed by atoms with Gasteiger partial charge in [0.25, 0.3) is 0 Å². The molecule has 1 atom stereocenters. The number of piperazine rings is 1. The zero-order valence-electron chi connectivity index (χ0n) is 15.3. The lowest BCUT2D eigenvalue weighted by atomic mass is 9.88. The van der Waals surface area contributed by atoms with Gasteiger partial charge in [-0.15, -0.1) is 0 Å². The van der Waals surface area contributed by atoms with Gasteiger partial charge < -0.3 is 10.0 Å². The highest BCUT2D eigenvalue weighted by atomic mass is 32.2. The lowest BCUT2D eigenvalue weighted by Crippen LogP contribution is -2.47. The maximum absolute atomic E-state index is 12.8. The Morgan fingerprint density at radius 3 is 2.23 bits per heavy atom. The standard InChI is InChI=1S/C19H28N2O4S/c1-20-10-12-21(13-11-20)26(24,25)17-8-6-16(7-9-17)18(19(22)23)14-15-4-2-3-5-15/h6-9,15,18H,2-5,10-14H2,1H3,(H,22,23)/t18-/m1/s1. The van der Waals surface area contributed by atoms with Crippen LogP contribution in [0, 0.1) is 5.92 Å². The molecule has 1 aromatic rings. The zero-order valence-corrected chi connectivity index (χ0v) is 16.1. The van der Waals surface area contributed by atoms with E-state index in [2.05, 4.69) is 4.90 Å². The number of nitrogens with zero attached hydrogens (tertiary/aromatic N) is 2. The van der Waals surface area contributed by atoms with E-state index in [0.29, 0.717) is 31.0 Å². The Hall–Kier alpha value is -1.44. The van der Waals surface area contributed by atoms with Crippen molar-refractivity contribution in [2.24, 2.45) is 5.92 Å². The Bertz CT molecular complexity index is 718. The molecule has 144 valence electrons. The highest BCUT2D eigenvalue weighted by molar-refractivity contribution is 7.89. The second-order valence-corrected chi connectivity index (χ2v) is 9.49. The third-order valence-electron chi connectivity index (χ3n) is 5.72. The number of rotatable bonds is 6. The van der Waals surface area contributed by atoms with Gasteiger partial charge in [-0.3, -0.25) is 4.79 Å². The summed E-state index contributed by atoms with van der Waals surface area (Å²) in [6.45, 7) is 2.42. The number of likely N-dealkylation sites (N-methyl/N-ethyl adjacent to an activating group) is 1. The van der Waals surface area contributed by atoms with Crippen molar-refractivity contribution < 1.29 is 18.3 Å². The molecule has 1 saturated carbocycles. The van der Waals surface area contributed by atoms with Gasteiger partial charge in [0.2, 0.25) is 10.0 Å². The molecule has 6 nitrogen and oxygen atoms in total. The predicted molar refractivity (Wildman–Crippen MR) is 99.6 cm³/mol. The van der Waals surface area contributed by atoms with E-state index in [0.717, 1.165) is 25.9 Å². The summed E-state index contributed by atoms with van der Waals surface area (Å²) in [6.07, 6.45) is 5.19. The molecule has 0 aromatic heterocycles. The topological polar surface area (TPSA) is 77.9 Å². The van der Waals surface area contributed by atoms with Crippen molar-refractivity contribution in [3.05, 3.63) is 29.8 Å². The van der Waals surface area contributed by atoms with Gasteiger partial charge in [-0.05, 0) is 37.1 Å². The maximum Gasteiger partial charge on any atom is 0.310 e. The number of carboxylic acids is 1. The molecule has 1 N–H and O–H groups in total. The van der Waals surface area contributed by atoms with Crippen LogP contribution in [-0.4, -0.2) is 61.9 Å². The summed E-state index contributed by atoms with van der Waals surface area (Å²) in [4.78, 5) is 14.1. The number of sulfonamides is 1. The fraction of sp³-hybridized carbons (Fsp3) is 0.632. The Morgan fingerprint density at radius 2 is 1.69 bits per heavy atom. The number of benzene rings is 1. The van der Waals surface area contributed by atoms with E-state index >= 15 is 0 Å². The number of hydrogen-bond donors (Lipinski definition) is 1. The molecule has 0 radical (unpaired) electrons. The second kappa shape index (κ2) is 8.06. The first-order valence-electron chi connectivity index (χ1n) is 9.39. The Morgan fingerprint density at radius 1 is 1.12 bits per heavy atom. The molecule has 0 unspecified atom stereocenters. The van der Waals surface area contributed by atoms with Crippen molar-refractivity contribution in [3.8, 4) is 0 Å². The largest absolute Gasteiger partial charge is 0.481 e. The Labute approximate surface area is 155 Å². The van der Waals surface area contributed by atoms with E-state index in [1.54, 1.807) is 24.3 Å². The third-order valence-corrected chi connectivity index (χ3v) is 7.64. The smallest absolute Gasteiger partial charge is 0.310 e. The number of aliphatic carboxylic acids is 1. The van der Waals surface area contributed by atoms with Crippen LogP contribution in [0.25, 0.3) is 0 Å². The van der Waals surface area contributed by atoms with Gasteiger partial charge in [-0.25, -0.2) is 8.42 Å². The van der Waals surface area contributed by atoms with E-state index in [9.17, 15) is 18.3 Å². The van der Waals surface area contributed by atoms with Crippen LogP contribution in [0.5, 0.6) is 0 Å². The summed E-state index contributed by atoms with van der Waals surface area (Å²) < 4.78 is 27.1. The average Bonchev–Trinajstić information content (AvgIpc) is 3.13. The number of hydrogen-bond acceptors (Lipinski definition) is 4. The van der Waals surface area contributed by atoms with Gasteiger partial charge >= 0.3 is 5.97 Å². The van der Waals surface area contributed by atoms with Gasteiger partial charge in [-0.2, -0.15) is 4.31 Å². The minimum absolute atomic E-state index is 0.246. The van der Waals surface area contributed by atoms with Crippen LogP contribution in [0.1, 0.15) is 43.6 Å². The normalized spacial score (nSPS) is 21.7. The molecule has 0 spiro atoms. The molecule has 1 saturated heterocycles. The molecule has 1 aliphatic heterocycles. The minimum atomic E-state index is -3.51. The molecule has 1 heterocycles. The van der Waals surface area contributed by atoms with Crippen molar-refractivity contribution in [1.82, 2.24) is 9.21 Å². The highest BCUT2D eigenvalue weighted by Gasteiger charge is 2.29. The number of carbonyl (C=O) groups is 1. The van der Waals surface area contributed by atoms with Gasteiger partial charge in [-0.1, -0.05) is 37.8 Å². The summed E-state index contributed by atoms with van der Waals surface area (Å²) in [7, 11) is -1.53. The summed E-state index contributed by atoms with van der Waals surface area (Å²) >= 11 is 0. The first-order valence-corrected chi connectivity index (χ1v) is 10.8. The first-order chi connectivity index (χ1) is 12.4. The van der Waals surface area contributed by atoms with E-state index in [-0.39, 0.29) is 4.90 Å². The van der Waals surface area contributed by atoms with Crippen LogP contribution in [0.15, 0.2) is 29.2 Å². The molecular formula is C19H28N2O4S. The summed E-state index contributed by atoms with van der Waals surface area (Å²) in [5, 5.41) is 9.61. The van der Waals surface area contributed by atoms with E-state index in [1.165, 1.54) is 17.1 Å². The van der Waals surface area contributed by atoms with Gasteiger partial charge in [0, 0.05) is 26.2 Å². The van der Waals surface area contributed by atoms with Gasteiger partial charge in [0.05, 0.1) is 10.8 Å². The van der Waals surface area contributed by atoms with Crippen molar-refractivity contribution in [1.29, 1.82) is 0 Å². The minimum Gasteiger partial charge on any atom is -0.481 e. The molecule has 0 bridgehead atoms. The van der Waals surface area contributed by atoms with Crippen molar-refractivity contribution in [2.45, 2.75) is 42.9 Å². The predicted octanol–water partition coefficient (Wildman–Crippen LogP) is 2.37. The summed E-state index contributed by atoms with van der Waals surface area (Å²) in [6, 6.07) is 6.48. The molecule has 7 heteroatoms. The molecule has 1 aliphatic carbocycles. The molecular weight excluding hydrogens is 352 g/mol. The van der Waals surface area contributed by atoms with Crippen LogP contribution in [-0.2, 0) is 14.8 Å². The lowest BCUT2D eigenvalue weighted by Gasteiger charge is -2.31. The fourth-order valence-electron chi connectivity index (χ4n) is 4.01. The van der Waals surface area contributed by atoms with Crippen LogP contribution >= 0.6 is 0 Å². The van der Waals surface area contributed by atoms with Crippen LogP contribution in [0.3, 0.4) is 0 Å². The van der Waals surface area contributed by atoms with E-state index in [1.807, 2.05) is 7.05 Å². The third kappa shape index (κ3) is 4.27. The summed E-state index contributed by atoms with van der Waals surface area (Å²) in [5.74, 6) is -0.921.